The summed E-state index contributed by atoms with van der Waals surface area (Å²) in [4.78, 5) is 7.82. The highest BCUT2D eigenvalue weighted by Crippen LogP contribution is 2.31. The standard InChI is InChI=1S/C11H11F3N4/c1-7(2)8-6-9(11(12,13)14)17-18(8)10-15-4-3-5-16-10/h3-7H,1-2H3. The molecule has 0 unspecified atom stereocenters. The molecular formula is C11H11F3N4. The van der Waals surface area contributed by atoms with Crippen LogP contribution in [0.3, 0.4) is 0 Å². The Balaban J connectivity index is 2.56. The van der Waals surface area contributed by atoms with Crippen LogP contribution in [0.25, 0.3) is 5.95 Å². The Kier molecular flexibility index (Phi) is 3.06. The molecule has 2 aromatic heterocycles. The lowest BCUT2D eigenvalue weighted by molar-refractivity contribution is -0.141. The smallest absolute Gasteiger partial charge is 0.220 e. The fourth-order valence-corrected chi connectivity index (χ4v) is 1.51. The van der Waals surface area contributed by atoms with Crippen molar-refractivity contribution in [2.75, 3.05) is 0 Å². The van der Waals surface area contributed by atoms with Gasteiger partial charge in [-0.3, -0.25) is 0 Å². The van der Waals surface area contributed by atoms with Gasteiger partial charge in [0.1, 0.15) is 0 Å². The fraction of sp³-hybridized carbons (Fsp3) is 0.364. The Labute approximate surface area is 101 Å². The molecule has 0 bridgehead atoms. The van der Waals surface area contributed by atoms with Crippen LogP contribution >= 0.6 is 0 Å². The Morgan fingerprint density at radius 3 is 2.28 bits per heavy atom. The minimum Gasteiger partial charge on any atom is -0.220 e. The normalized spacial score (nSPS) is 12.1. The van der Waals surface area contributed by atoms with Gasteiger partial charge < -0.3 is 0 Å². The second kappa shape index (κ2) is 4.40. The van der Waals surface area contributed by atoms with Gasteiger partial charge >= 0.3 is 6.18 Å². The van der Waals surface area contributed by atoms with Gasteiger partial charge in [-0.25, -0.2) is 14.6 Å². The first kappa shape index (κ1) is 12.5. The third-order valence-electron chi connectivity index (χ3n) is 2.36. The van der Waals surface area contributed by atoms with Crippen LogP contribution in [0.5, 0.6) is 0 Å². The van der Waals surface area contributed by atoms with E-state index in [0.29, 0.717) is 5.69 Å². The summed E-state index contributed by atoms with van der Waals surface area (Å²) in [6.07, 6.45) is -1.55. The van der Waals surface area contributed by atoms with E-state index in [0.717, 1.165) is 10.7 Å². The highest BCUT2D eigenvalue weighted by atomic mass is 19.4. The predicted octanol–water partition coefficient (Wildman–Crippen LogP) is 2.80. The van der Waals surface area contributed by atoms with Crippen LogP contribution in [-0.4, -0.2) is 19.7 Å². The van der Waals surface area contributed by atoms with Crippen molar-refractivity contribution >= 4 is 0 Å². The third kappa shape index (κ3) is 2.34. The summed E-state index contributed by atoms with van der Waals surface area (Å²) in [7, 11) is 0. The number of aromatic nitrogens is 4. The maximum Gasteiger partial charge on any atom is 0.435 e. The van der Waals surface area contributed by atoms with E-state index in [-0.39, 0.29) is 11.9 Å². The van der Waals surface area contributed by atoms with E-state index in [1.54, 1.807) is 19.9 Å². The van der Waals surface area contributed by atoms with Crippen molar-refractivity contribution in [1.29, 1.82) is 0 Å². The van der Waals surface area contributed by atoms with Crippen molar-refractivity contribution in [2.45, 2.75) is 25.9 Å². The Bertz CT molecular complexity index is 531. The molecule has 2 aromatic rings. The van der Waals surface area contributed by atoms with E-state index in [1.165, 1.54) is 12.4 Å². The zero-order valence-electron chi connectivity index (χ0n) is 9.81. The van der Waals surface area contributed by atoms with Crippen LogP contribution in [0.4, 0.5) is 13.2 Å². The van der Waals surface area contributed by atoms with Gasteiger partial charge in [0.25, 0.3) is 5.95 Å². The molecule has 0 amide bonds. The van der Waals surface area contributed by atoms with E-state index < -0.39 is 11.9 Å². The van der Waals surface area contributed by atoms with Crippen LogP contribution in [-0.2, 0) is 6.18 Å². The second-order valence-corrected chi connectivity index (χ2v) is 4.07. The number of halogens is 3. The van der Waals surface area contributed by atoms with Gasteiger partial charge in [0.05, 0.1) is 5.69 Å². The lowest BCUT2D eigenvalue weighted by Gasteiger charge is -2.07. The molecule has 0 atom stereocenters. The van der Waals surface area contributed by atoms with Gasteiger partial charge in [-0.15, -0.1) is 0 Å². The number of hydrogen-bond acceptors (Lipinski definition) is 3. The minimum absolute atomic E-state index is 0.114. The number of nitrogens with zero attached hydrogens (tertiary/aromatic N) is 4. The van der Waals surface area contributed by atoms with Crippen molar-refractivity contribution in [2.24, 2.45) is 0 Å². The van der Waals surface area contributed by atoms with Crippen molar-refractivity contribution < 1.29 is 13.2 Å². The van der Waals surface area contributed by atoms with Gasteiger partial charge in [-0.05, 0) is 18.1 Å². The van der Waals surface area contributed by atoms with Crippen molar-refractivity contribution in [1.82, 2.24) is 19.7 Å². The molecule has 2 heterocycles. The molecule has 96 valence electrons. The molecule has 0 fully saturated rings. The molecule has 0 spiro atoms. The maximum absolute atomic E-state index is 12.6. The van der Waals surface area contributed by atoms with Crippen molar-refractivity contribution in [3.8, 4) is 5.95 Å². The first-order chi connectivity index (χ1) is 8.39. The van der Waals surface area contributed by atoms with Crippen LogP contribution in [0.2, 0.25) is 0 Å². The third-order valence-corrected chi connectivity index (χ3v) is 2.36. The first-order valence-electron chi connectivity index (χ1n) is 5.34. The van der Waals surface area contributed by atoms with E-state index >= 15 is 0 Å². The minimum atomic E-state index is -4.47. The van der Waals surface area contributed by atoms with Gasteiger partial charge in [-0.2, -0.15) is 18.3 Å². The molecule has 2 rings (SSSR count). The number of alkyl halides is 3. The zero-order chi connectivity index (χ0) is 13.3. The van der Waals surface area contributed by atoms with E-state index in [4.69, 9.17) is 0 Å². The molecule has 0 aromatic carbocycles. The maximum atomic E-state index is 12.6. The van der Waals surface area contributed by atoms with Gasteiger partial charge in [-0.1, -0.05) is 13.8 Å². The van der Waals surface area contributed by atoms with Crippen molar-refractivity contribution in [3.63, 3.8) is 0 Å². The summed E-state index contributed by atoms with van der Waals surface area (Å²) in [6.45, 7) is 3.58. The Morgan fingerprint density at radius 1 is 1.17 bits per heavy atom. The first-order valence-corrected chi connectivity index (χ1v) is 5.34. The molecule has 0 radical (unpaired) electrons. The molecule has 0 N–H and O–H groups in total. The molecule has 0 aliphatic heterocycles. The lowest BCUT2D eigenvalue weighted by atomic mass is 10.1. The lowest BCUT2D eigenvalue weighted by Crippen LogP contribution is -2.10. The van der Waals surface area contributed by atoms with Gasteiger partial charge in [0, 0.05) is 12.4 Å². The van der Waals surface area contributed by atoms with E-state index in [1.807, 2.05) is 0 Å². The van der Waals surface area contributed by atoms with E-state index in [9.17, 15) is 13.2 Å². The number of rotatable bonds is 2. The zero-order valence-corrected chi connectivity index (χ0v) is 9.81. The SMILES string of the molecule is CC(C)c1cc(C(F)(F)F)nn1-c1ncccn1. The average Bonchev–Trinajstić information content (AvgIpc) is 2.74. The summed E-state index contributed by atoms with van der Waals surface area (Å²) in [5.74, 6) is 0.0223. The summed E-state index contributed by atoms with van der Waals surface area (Å²) in [5, 5.41) is 3.54. The molecule has 0 aliphatic rings. The predicted molar refractivity (Wildman–Crippen MR) is 58.2 cm³/mol. The molecule has 0 aliphatic carbocycles. The van der Waals surface area contributed by atoms with Crippen LogP contribution < -0.4 is 0 Å². The topological polar surface area (TPSA) is 43.6 Å². The molecule has 7 heteroatoms. The molecule has 4 nitrogen and oxygen atoms in total. The molecule has 0 saturated heterocycles. The summed E-state index contributed by atoms with van der Waals surface area (Å²) in [6, 6.07) is 2.62. The van der Waals surface area contributed by atoms with Crippen LogP contribution in [0, 0.1) is 0 Å². The Morgan fingerprint density at radius 2 is 1.78 bits per heavy atom. The number of hydrogen-bond donors (Lipinski definition) is 0. The molecule has 18 heavy (non-hydrogen) atoms. The summed E-state index contributed by atoms with van der Waals surface area (Å²) >= 11 is 0. The quantitative estimate of drug-likeness (QED) is 0.829. The monoisotopic (exact) mass is 256 g/mol. The highest BCUT2D eigenvalue weighted by Gasteiger charge is 2.35. The second-order valence-electron chi connectivity index (χ2n) is 4.07. The van der Waals surface area contributed by atoms with E-state index in [2.05, 4.69) is 15.1 Å². The van der Waals surface area contributed by atoms with Gasteiger partial charge in [0.15, 0.2) is 5.69 Å². The fourth-order valence-electron chi connectivity index (χ4n) is 1.51. The van der Waals surface area contributed by atoms with Crippen molar-refractivity contribution in [3.05, 3.63) is 35.9 Å². The summed E-state index contributed by atoms with van der Waals surface area (Å²) < 4.78 is 39.1. The Hall–Kier alpha value is -1.92. The highest BCUT2D eigenvalue weighted by molar-refractivity contribution is 5.23. The summed E-state index contributed by atoms with van der Waals surface area (Å²) in [5.41, 5.74) is -0.507. The van der Waals surface area contributed by atoms with Gasteiger partial charge in [0.2, 0.25) is 0 Å². The van der Waals surface area contributed by atoms with Crippen LogP contribution in [0.15, 0.2) is 24.5 Å². The molecule has 0 saturated carbocycles. The largest absolute Gasteiger partial charge is 0.435 e. The van der Waals surface area contributed by atoms with Crippen LogP contribution in [0.1, 0.15) is 31.2 Å². The molecular weight excluding hydrogens is 245 g/mol. The average molecular weight is 256 g/mol.